The SMILES string of the molecule is CC(C)(C)c1nn(C(=O)O)c(-c2ccc(F)cc2)c1C(N)=S. The fourth-order valence-corrected chi connectivity index (χ4v) is 2.38. The van der Waals surface area contributed by atoms with Crippen molar-refractivity contribution in [3.63, 3.8) is 0 Å². The maximum Gasteiger partial charge on any atom is 0.432 e. The zero-order valence-corrected chi connectivity index (χ0v) is 13.2. The second-order valence-corrected chi connectivity index (χ2v) is 6.33. The molecule has 2 aromatic rings. The van der Waals surface area contributed by atoms with Crippen molar-refractivity contribution in [2.75, 3.05) is 0 Å². The van der Waals surface area contributed by atoms with Gasteiger partial charge in [0.25, 0.3) is 0 Å². The zero-order chi connectivity index (χ0) is 16.7. The van der Waals surface area contributed by atoms with Crippen molar-refractivity contribution in [3.8, 4) is 11.3 Å². The zero-order valence-electron chi connectivity index (χ0n) is 12.4. The van der Waals surface area contributed by atoms with Crippen LogP contribution in [0.1, 0.15) is 32.0 Å². The molecule has 1 aromatic carbocycles. The second-order valence-electron chi connectivity index (χ2n) is 5.89. The Balaban J connectivity index is 2.85. The monoisotopic (exact) mass is 321 g/mol. The molecule has 0 radical (unpaired) electrons. The van der Waals surface area contributed by atoms with Crippen molar-refractivity contribution >= 4 is 23.3 Å². The smallest absolute Gasteiger partial charge is 0.432 e. The van der Waals surface area contributed by atoms with Gasteiger partial charge < -0.3 is 10.8 Å². The Labute approximate surface area is 132 Å². The summed E-state index contributed by atoms with van der Waals surface area (Å²) in [6, 6.07) is 5.43. The van der Waals surface area contributed by atoms with Gasteiger partial charge in [0.2, 0.25) is 0 Å². The van der Waals surface area contributed by atoms with Crippen LogP contribution >= 0.6 is 12.2 Å². The summed E-state index contributed by atoms with van der Waals surface area (Å²) >= 11 is 5.09. The molecule has 2 rings (SSSR count). The van der Waals surface area contributed by atoms with Crippen molar-refractivity contribution in [2.24, 2.45) is 5.73 Å². The van der Waals surface area contributed by atoms with E-state index in [4.69, 9.17) is 18.0 Å². The van der Waals surface area contributed by atoms with Crippen LogP contribution in [0.15, 0.2) is 24.3 Å². The minimum atomic E-state index is -1.26. The van der Waals surface area contributed by atoms with Gasteiger partial charge in [-0.2, -0.15) is 9.78 Å². The third-order valence-corrected chi connectivity index (χ3v) is 3.35. The first-order chi connectivity index (χ1) is 10.1. The Morgan fingerprint density at radius 1 is 1.32 bits per heavy atom. The molecule has 0 aliphatic heterocycles. The number of thiocarbonyl (C=S) groups is 1. The fraction of sp³-hybridized carbons (Fsp3) is 0.267. The van der Waals surface area contributed by atoms with Gasteiger partial charge >= 0.3 is 6.09 Å². The molecule has 0 fully saturated rings. The van der Waals surface area contributed by atoms with Crippen LogP contribution in [-0.2, 0) is 5.41 Å². The molecule has 22 heavy (non-hydrogen) atoms. The third kappa shape index (κ3) is 2.85. The van der Waals surface area contributed by atoms with Crippen molar-refractivity contribution < 1.29 is 14.3 Å². The van der Waals surface area contributed by atoms with Crippen LogP contribution in [0.4, 0.5) is 9.18 Å². The lowest BCUT2D eigenvalue weighted by Gasteiger charge is -2.17. The molecule has 0 amide bonds. The number of halogens is 1. The van der Waals surface area contributed by atoms with Crippen LogP contribution in [0.3, 0.4) is 0 Å². The molecule has 0 unspecified atom stereocenters. The number of aromatic nitrogens is 2. The normalized spacial score (nSPS) is 11.5. The lowest BCUT2D eigenvalue weighted by molar-refractivity contribution is 0.193. The van der Waals surface area contributed by atoms with Gasteiger partial charge in [-0.25, -0.2) is 9.18 Å². The molecule has 1 aromatic heterocycles. The summed E-state index contributed by atoms with van der Waals surface area (Å²) in [7, 11) is 0. The average molecular weight is 321 g/mol. The number of nitrogens with two attached hydrogens (primary N) is 1. The van der Waals surface area contributed by atoms with Crippen LogP contribution in [-0.4, -0.2) is 26.0 Å². The first-order valence-corrected chi connectivity index (χ1v) is 6.96. The van der Waals surface area contributed by atoms with E-state index in [9.17, 15) is 14.3 Å². The molecule has 7 heteroatoms. The molecule has 116 valence electrons. The Hall–Kier alpha value is -2.28. The topological polar surface area (TPSA) is 81.1 Å². The molecule has 0 saturated carbocycles. The Bertz CT molecular complexity index is 745. The van der Waals surface area contributed by atoms with Crippen LogP contribution in [0.2, 0.25) is 0 Å². The number of hydrogen-bond acceptors (Lipinski definition) is 3. The summed E-state index contributed by atoms with van der Waals surface area (Å²) in [6.45, 7) is 5.66. The molecular weight excluding hydrogens is 305 g/mol. The highest BCUT2D eigenvalue weighted by molar-refractivity contribution is 7.80. The molecule has 0 atom stereocenters. The van der Waals surface area contributed by atoms with Gasteiger partial charge in [0.05, 0.1) is 17.0 Å². The van der Waals surface area contributed by atoms with Crippen LogP contribution in [0.5, 0.6) is 0 Å². The Morgan fingerprint density at radius 3 is 2.27 bits per heavy atom. The summed E-state index contributed by atoms with van der Waals surface area (Å²) in [5, 5.41) is 13.6. The number of carboxylic acid groups (broad SMARTS) is 1. The predicted molar refractivity (Wildman–Crippen MR) is 85.6 cm³/mol. The van der Waals surface area contributed by atoms with Crippen molar-refractivity contribution in [1.29, 1.82) is 0 Å². The minimum Gasteiger partial charge on any atom is -0.463 e. The minimum absolute atomic E-state index is 0.0525. The number of carbonyl (C=O) groups is 1. The van der Waals surface area contributed by atoms with Gasteiger partial charge in [-0.1, -0.05) is 33.0 Å². The van der Waals surface area contributed by atoms with Gasteiger partial charge in [0.15, 0.2) is 0 Å². The molecule has 0 aliphatic carbocycles. The van der Waals surface area contributed by atoms with Gasteiger partial charge in [-0.05, 0) is 24.3 Å². The summed E-state index contributed by atoms with van der Waals surface area (Å²) in [6.07, 6.45) is -1.26. The van der Waals surface area contributed by atoms with E-state index in [1.54, 1.807) is 0 Å². The van der Waals surface area contributed by atoms with E-state index in [1.165, 1.54) is 24.3 Å². The molecule has 1 heterocycles. The predicted octanol–water partition coefficient (Wildman–Crippen LogP) is 3.15. The maximum absolute atomic E-state index is 13.1. The summed E-state index contributed by atoms with van der Waals surface area (Å²) in [4.78, 5) is 11.6. The highest BCUT2D eigenvalue weighted by atomic mass is 32.1. The average Bonchev–Trinajstić information content (AvgIpc) is 2.80. The highest BCUT2D eigenvalue weighted by Crippen LogP contribution is 2.33. The maximum atomic E-state index is 13.1. The van der Waals surface area contributed by atoms with E-state index < -0.39 is 17.3 Å². The number of nitrogens with zero attached hydrogens (tertiary/aromatic N) is 2. The summed E-state index contributed by atoms with van der Waals surface area (Å²) in [5.41, 5.74) is 6.98. The molecule has 0 bridgehead atoms. The summed E-state index contributed by atoms with van der Waals surface area (Å²) < 4.78 is 14.0. The Kier molecular flexibility index (Phi) is 4.02. The molecular formula is C15H16FN3O2S. The van der Waals surface area contributed by atoms with Crippen molar-refractivity contribution in [1.82, 2.24) is 9.78 Å². The van der Waals surface area contributed by atoms with E-state index in [0.29, 0.717) is 16.8 Å². The van der Waals surface area contributed by atoms with E-state index in [1.807, 2.05) is 20.8 Å². The van der Waals surface area contributed by atoms with E-state index in [2.05, 4.69) is 5.10 Å². The molecule has 0 saturated heterocycles. The van der Waals surface area contributed by atoms with Gasteiger partial charge in [0, 0.05) is 11.0 Å². The van der Waals surface area contributed by atoms with Gasteiger partial charge in [0.1, 0.15) is 10.8 Å². The van der Waals surface area contributed by atoms with Crippen molar-refractivity contribution in [2.45, 2.75) is 26.2 Å². The van der Waals surface area contributed by atoms with E-state index in [-0.39, 0.29) is 10.7 Å². The molecule has 0 spiro atoms. The summed E-state index contributed by atoms with van der Waals surface area (Å²) in [5.74, 6) is -0.418. The van der Waals surface area contributed by atoms with Crippen molar-refractivity contribution in [3.05, 3.63) is 41.3 Å². The number of benzene rings is 1. The second kappa shape index (κ2) is 5.49. The Morgan fingerprint density at radius 2 is 1.86 bits per heavy atom. The largest absolute Gasteiger partial charge is 0.463 e. The first-order valence-electron chi connectivity index (χ1n) is 6.55. The van der Waals surface area contributed by atoms with Gasteiger partial charge in [-0.3, -0.25) is 0 Å². The molecule has 3 N–H and O–H groups in total. The first kappa shape index (κ1) is 16.1. The lowest BCUT2D eigenvalue weighted by atomic mass is 9.88. The molecule has 5 nitrogen and oxygen atoms in total. The fourth-order valence-electron chi connectivity index (χ4n) is 2.19. The molecule has 0 aliphatic rings. The third-order valence-electron chi connectivity index (χ3n) is 3.14. The lowest BCUT2D eigenvalue weighted by Crippen LogP contribution is -2.20. The quantitative estimate of drug-likeness (QED) is 0.831. The highest BCUT2D eigenvalue weighted by Gasteiger charge is 2.30. The van der Waals surface area contributed by atoms with E-state index in [0.717, 1.165) is 4.68 Å². The van der Waals surface area contributed by atoms with Crippen LogP contribution in [0, 0.1) is 5.82 Å². The standard InChI is InChI=1S/C15H16FN3O2S/c1-15(2,3)12-10(13(17)22)11(19(18-12)14(20)21)8-4-6-9(16)7-5-8/h4-7H,1-3H3,(H2,17,22)(H,20,21). The van der Waals surface area contributed by atoms with Crippen LogP contribution < -0.4 is 5.73 Å². The van der Waals surface area contributed by atoms with Gasteiger partial charge in [-0.15, -0.1) is 0 Å². The van der Waals surface area contributed by atoms with E-state index >= 15 is 0 Å². The van der Waals surface area contributed by atoms with Crippen LogP contribution in [0.25, 0.3) is 11.3 Å². The number of rotatable bonds is 2. The number of hydrogen-bond donors (Lipinski definition) is 2.